The van der Waals surface area contributed by atoms with Crippen molar-refractivity contribution in [1.29, 1.82) is 0 Å². The minimum Gasteiger partial charge on any atom is -0.375 e. The van der Waals surface area contributed by atoms with E-state index in [2.05, 4.69) is 5.32 Å². The number of carbonyl (C=O) groups is 1. The van der Waals surface area contributed by atoms with E-state index < -0.39 is 32.6 Å². The third-order valence-electron chi connectivity index (χ3n) is 4.65. The molecule has 2 fully saturated rings. The molecular weight excluding hydrogens is 404 g/mol. The second kappa shape index (κ2) is 8.78. The van der Waals surface area contributed by atoms with Gasteiger partial charge >= 0.3 is 0 Å². The van der Waals surface area contributed by atoms with Gasteiger partial charge in [0.05, 0.1) is 12.7 Å². The van der Waals surface area contributed by atoms with Crippen molar-refractivity contribution in [2.24, 2.45) is 0 Å². The molecule has 11 heteroatoms. The van der Waals surface area contributed by atoms with Crippen LogP contribution >= 0.6 is 12.4 Å². The first-order valence-corrected chi connectivity index (χ1v) is 9.84. The van der Waals surface area contributed by atoms with Gasteiger partial charge in [0.25, 0.3) is 0 Å². The van der Waals surface area contributed by atoms with Crippen LogP contribution in [0.1, 0.15) is 6.92 Å². The molecule has 3 rings (SSSR count). The topological polar surface area (TPSA) is 79.0 Å². The highest BCUT2D eigenvalue weighted by Gasteiger charge is 2.37. The van der Waals surface area contributed by atoms with Gasteiger partial charge in [0.15, 0.2) is 4.90 Å². The maximum absolute atomic E-state index is 13.9. The van der Waals surface area contributed by atoms with Crippen LogP contribution in [0.5, 0.6) is 0 Å². The minimum absolute atomic E-state index is 0. The molecule has 7 nitrogen and oxygen atoms in total. The summed E-state index contributed by atoms with van der Waals surface area (Å²) in [6, 6.07) is 2.45. The predicted molar refractivity (Wildman–Crippen MR) is 96.1 cm³/mol. The molecule has 2 aliphatic heterocycles. The summed E-state index contributed by atoms with van der Waals surface area (Å²) in [4.78, 5) is 13.2. The maximum Gasteiger partial charge on any atom is 0.249 e. The van der Waals surface area contributed by atoms with Crippen LogP contribution in [0.4, 0.5) is 8.78 Å². The summed E-state index contributed by atoms with van der Waals surface area (Å²) in [5.74, 6) is -2.41. The Bertz CT molecular complexity index is 768. The predicted octanol–water partition coefficient (Wildman–Crippen LogP) is 0.596. The van der Waals surface area contributed by atoms with E-state index in [-0.39, 0.29) is 50.6 Å². The molecule has 0 saturated carbocycles. The molecule has 0 bridgehead atoms. The fourth-order valence-electron chi connectivity index (χ4n) is 3.21. The number of hydrogen-bond acceptors (Lipinski definition) is 5. The Morgan fingerprint density at radius 3 is 2.33 bits per heavy atom. The Labute approximate surface area is 163 Å². The van der Waals surface area contributed by atoms with E-state index in [0.29, 0.717) is 13.2 Å². The summed E-state index contributed by atoms with van der Waals surface area (Å²) in [5.41, 5.74) is 0. The third-order valence-corrected chi connectivity index (χ3v) is 6.60. The lowest BCUT2D eigenvalue weighted by Gasteiger charge is -2.38. The lowest BCUT2D eigenvalue weighted by Crippen LogP contribution is -2.60. The Kier molecular flexibility index (Phi) is 7.14. The average molecular weight is 426 g/mol. The standard InChI is InChI=1S/C16H21F2N3O4S.ClH/c1-11-14(19-5-10-25-11)16(22)20-6-8-21(9-7-20)26(23,24)15-12(17)3-2-4-13(15)18;/h2-4,11,14,19H,5-10H2,1H3;1H/t11-,14+;/m1./s1. The summed E-state index contributed by atoms with van der Waals surface area (Å²) >= 11 is 0. The van der Waals surface area contributed by atoms with Gasteiger partial charge in [-0.3, -0.25) is 4.79 Å². The zero-order valence-corrected chi connectivity index (χ0v) is 16.4. The molecule has 0 radical (unpaired) electrons. The van der Waals surface area contributed by atoms with Crippen LogP contribution in [0.25, 0.3) is 0 Å². The van der Waals surface area contributed by atoms with Crippen LogP contribution in [-0.2, 0) is 19.6 Å². The molecule has 2 saturated heterocycles. The number of amides is 1. The molecule has 1 aromatic rings. The highest BCUT2D eigenvalue weighted by molar-refractivity contribution is 7.89. The van der Waals surface area contributed by atoms with Crippen molar-refractivity contribution in [3.05, 3.63) is 29.8 Å². The second-order valence-electron chi connectivity index (χ2n) is 6.29. The van der Waals surface area contributed by atoms with Crippen molar-refractivity contribution in [2.75, 3.05) is 39.3 Å². The zero-order chi connectivity index (χ0) is 18.9. The average Bonchev–Trinajstić information content (AvgIpc) is 2.61. The van der Waals surface area contributed by atoms with E-state index in [1.165, 1.54) is 0 Å². The Morgan fingerprint density at radius 2 is 1.78 bits per heavy atom. The summed E-state index contributed by atoms with van der Waals surface area (Å²) in [5, 5.41) is 3.10. The third kappa shape index (κ3) is 4.40. The fourth-order valence-corrected chi connectivity index (χ4v) is 4.74. The van der Waals surface area contributed by atoms with Crippen LogP contribution in [0, 0.1) is 11.6 Å². The maximum atomic E-state index is 13.9. The minimum atomic E-state index is -4.30. The SMILES string of the molecule is C[C@H]1OCCN[C@@H]1C(=O)N1CCN(S(=O)(=O)c2c(F)cccc2F)CC1.Cl. The molecule has 27 heavy (non-hydrogen) atoms. The van der Waals surface area contributed by atoms with Crippen LogP contribution in [0.2, 0.25) is 0 Å². The molecule has 1 aromatic carbocycles. The van der Waals surface area contributed by atoms with E-state index >= 15 is 0 Å². The van der Waals surface area contributed by atoms with Gasteiger partial charge in [-0.05, 0) is 19.1 Å². The summed E-state index contributed by atoms with van der Waals surface area (Å²) in [6.45, 7) is 3.16. The lowest BCUT2D eigenvalue weighted by atomic mass is 10.1. The number of hydrogen-bond donors (Lipinski definition) is 1. The summed E-state index contributed by atoms with van der Waals surface area (Å²) in [6.07, 6.45) is -0.273. The number of morpholine rings is 1. The van der Waals surface area contributed by atoms with E-state index in [1.54, 1.807) is 11.8 Å². The molecule has 0 aromatic heterocycles. The number of nitrogens with one attached hydrogen (secondary N) is 1. The van der Waals surface area contributed by atoms with Crippen LogP contribution in [0.15, 0.2) is 23.1 Å². The second-order valence-corrected chi connectivity index (χ2v) is 8.16. The van der Waals surface area contributed by atoms with E-state index in [0.717, 1.165) is 22.5 Å². The first-order valence-electron chi connectivity index (χ1n) is 8.40. The number of ether oxygens (including phenoxy) is 1. The summed E-state index contributed by atoms with van der Waals surface area (Å²) in [7, 11) is -4.30. The quantitative estimate of drug-likeness (QED) is 0.767. The zero-order valence-electron chi connectivity index (χ0n) is 14.7. The van der Waals surface area contributed by atoms with Crippen molar-refractivity contribution < 1.29 is 26.7 Å². The largest absolute Gasteiger partial charge is 0.375 e. The van der Waals surface area contributed by atoms with Gasteiger partial charge in [0.1, 0.15) is 17.7 Å². The molecule has 152 valence electrons. The van der Waals surface area contributed by atoms with Crippen molar-refractivity contribution in [1.82, 2.24) is 14.5 Å². The smallest absolute Gasteiger partial charge is 0.249 e. The number of piperazine rings is 1. The molecule has 2 atom stereocenters. The van der Waals surface area contributed by atoms with E-state index in [9.17, 15) is 22.0 Å². The molecular formula is C16H22ClF2N3O4S. The molecule has 0 spiro atoms. The number of rotatable bonds is 3. The number of carbonyl (C=O) groups excluding carboxylic acids is 1. The van der Waals surface area contributed by atoms with Crippen molar-refractivity contribution in [3.63, 3.8) is 0 Å². The lowest BCUT2D eigenvalue weighted by molar-refractivity contribution is -0.140. The number of benzene rings is 1. The first-order chi connectivity index (χ1) is 12.3. The highest BCUT2D eigenvalue weighted by Crippen LogP contribution is 2.24. The van der Waals surface area contributed by atoms with Crippen molar-refractivity contribution in [3.8, 4) is 0 Å². The first kappa shape index (κ1) is 22.0. The Morgan fingerprint density at radius 1 is 1.19 bits per heavy atom. The molecule has 1 amide bonds. The Balaban J connectivity index is 0.00000261. The van der Waals surface area contributed by atoms with E-state index in [4.69, 9.17) is 4.74 Å². The van der Waals surface area contributed by atoms with Crippen LogP contribution < -0.4 is 5.32 Å². The van der Waals surface area contributed by atoms with Gasteiger partial charge in [-0.2, -0.15) is 4.31 Å². The van der Waals surface area contributed by atoms with Crippen molar-refractivity contribution in [2.45, 2.75) is 24.0 Å². The van der Waals surface area contributed by atoms with Gasteiger partial charge in [-0.15, -0.1) is 12.4 Å². The monoisotopic (exact) mass is 425 g/mol. The van der Waals surface area contributed by atoms with Crippen LogP contribution in [-0.4, -0.2) is 75.0 Å². The van der Waals surface area contributed by atoms with Crippen molar-refractivity contribution >= 4 is 28.3 Å². The molecule has 0 unspecified atom stereocenters. The molecule has 0 aliphatic carbocycles. The van der Waals surface area contributed by atoms with Gasteiger partial charge in [0.2, 0.25) is 15.9 Å². The number of halogens is 3. The molecule has 2 heterocycles. The van der Waals surface area contributed by atoms with Gasteiger partial charge in [-0.1, -0.05) is 6.07 Å². The van der Waals surface area contributed by atoms with Gasteiger partial charge < -0.3 is 15.0 Å². The number of sulfonamides is 1. The summed E-state index contributed by atoms with van der Waals surface area (Å²) < 4.78 is 59.3. The van der Waals surface area contributed by atoms with E-state index in [1.807, 2.05) is 0 Å². The highest BCUT2D eigenvalue weighted by atomic mass is 35.5. The fraction of sp³-hybridized carbons (Fsp3) is 0.562. The molecule has 2 aliphatic rings. The van der Waals surface area contributed by atoms with Gasteiger partial charge in [0, 0.05) is 32.7 Å². The van der Waals surface area contributed by atoms with Crippen LogP contribution in [0.3, 0.4) is 0 Å². The molecule has 1 N–H and O–H groups in total. The number of nitrogens with zero attached hydrogens (tertiary/aromatic N) is 2. The Hall–Kier alpha value is -1.33. The van der Waals surface area contributed by atoms with Gasteiger partial charge in [-0.25, -0.2) is 17.2 Å². The normalized spacial score (nSPS) is 24.3.